The number of rotatable bonds is 10. The molecule has 0 N–H and O–H groups in total. The fourth-order valence-electron chi connectivity index (χ4n) is 2.24. The fourth-order valence-corrected chi connectivity index (χ4v) is 4.82. The number of hydrogen-bond acceptors (Lipinski definition) is 5. The van der Waals surface area contributed by atoms with E-state index in [1.807, 2.05) is 13.8 Å². The highest BCUT2D eigenvalue weighted by Gasteiger charge is 2.39. The second-order valence-electron chi connectivity index (χ2n) is 4.60. The Bertz CT molecular complexity index is 208. The van der Waals surface area contributed by atoms with Gasteiger partial charge in [0, 0.05) is 38.9 Å². The third-order valence-corrected chi connectivity index (χ3v) is 6.33. The Labute approximate surface area is 118 Å². The summed E-state index contributed by atoms with van der Waals surface area (Å²) in [6.45, 7) is 12.7. The standard InChI is InChI=1S/C13H29NO4Si/c1-4-13-19(16-5-2,17-6-3)18-12-9-14-7-10-15-11-8-14/h4-13H2,1-3H3. The van der Waals surface area contributed by atoms with Crippen LogP contribution in [0.5, 0.6) is 0 Å². The number of nitrogens with zero attached hydrogens (tertiary/aromatic N) is 1. The molecular weight excluding hydrogens is 262 g/mol. The first-order valence-electron chi connectivity index (χ1n) is 7.48. The lowest BCUT2D eigenvalue weighted by Crippen LogP contribution is -2.48. The minimum absolute atomic E-state index is 0.657. The molecule has 1 aliphatic rings. The number of morpholine rings is 1. The SMILES string of the molecule is CCC[Si](OCC)(OCC)OCCN1CCOCC1. The Morgan fingerprint density at radius 1 is 1.00 bits per heavy atom. The van der Waals surface area contributed by atoms with Crippen molar-refractivity contribution in [2.75, 3.05) is 52.7 Å². The highest BCUT2D eigenvalue weighted by Crippen LogP contribution is 2.18. The Hall–Kier alpha value is 0.0169. The Balaban J connectivity index is 2.36. The monoisotopic (exact) mass is 291 g/mol. The van der Waals surface area contributed by atoms with Crippen LogP contribution in [0.2, 0.25) is 6.04 Å². The molecule has 0 aromatic rings. The molecule has 1 rings (SSSR count). The predicted molar refractivity (Wildman–Crippen MR) is 77.3 cm³/mol. The molecule has 0 aromatic heterocycles. The molecule has 0 saturated carbocycles. The number of hydrogen-bond donors (Lipinski definition) is 0. The van der Waals surface area contributed by atoms with Crippen LogP contribution < -0.4 is 0 Å². The van der Waals surface area contributed by atoms with Gasteiger partial charge in [0.05, 0.1) is 19.8 Å². The van der Waals surface area contributed by atoms with Gasteiger partial charge in [0.2, 0.25) is 0 Å². The van der Waals surface area contributed by atoms with Crippen LogP contribution in [0.4, 0.5) is 0 Å². The maximum absolute atomic E-state index is 6.07. The average molecular weight is 291 g/mol. The molecule has 0 amide bonds. The molecule has 19 heavy (non-hydrogen) atoms. The summed E-state index contributed by atoms with van der Waals surface area (Å²) in [7, 11) is -2.44. The molecular formula is C13H29NO4Si. The van der Waals surface area contributed by atoms with Crippen molar-refractivity contribution < 1.29 is 18.0 Å². The normalized spacial score (nSPS) is 17.8. The summed E-state index contributed by atoms with van der Waals surface area (Å²) >= 11 is 0. The van der Waals surface area contributed by atoms with Crippen LogP contribution in [0, 0.1) is 0 Å². The number of ether oxygens (including phenoxy) is 1. The lowest BCUT2D eigenvalue weighted by molar-refractivity contribution is 0.0185. The van der Waals surface area contributed by atoms with Gasteiger partial charge in [-0.25, -0.2) is 0 Å². The van der Waals surface area contributed by atoms with Crippen LogP contribution >= 0.6 is 0 Å². The first-order chi connectivity index (χ1) is 9.26. The van der Waals surface area contributed by atoms with Gasteiger partial charge < -0.3 is 18.0 Å². The maximum Gasteiger partial charge on any atom is 0.500 e. The van der Waals surface area contributed by atoms with E-state index in [1.165, 1.54) is 0 Å². The average Bonchev–Trinajstić information content (AvgIpc) is 2.41. The molecule has 1 fully saturated rings. The topological polar surface area (TPSA) is 40.2 Å². The molecule has 1 heterocycles. The third-order valence-electron chi connectivity index (χ3n) is 3.12. The largest absolute Gasteiger partial charge is 0.500 e. The smallest absolute Gasteiger partial charge is 0.379 e. The van der Waals surface area contributed by atoms with Gasteiger partial charge in [-0.05, 0) is 13.8 Å². The zero-order valence-electron chi connectivity index (χ0n) is 12.7. The molecule has 0 spiro atoms. The summed E-state index contributed by atoms with van der Waals surface area (Å²) in [6.07, 6.45) is 1.03. The van der Waals surface area contributed by atoms with Gasteiger partial charge in [0.1, 0.15) is 0 Å². The second-order valence-corrected chi connectivity index (χ2v) is 7.33. The Morgan fingerprint density at radius 3 is 2.16 bits per heavy atom. The zero-order chi connectivity index (χ0) is 14.0. The van der Waals surface area contributed by atoms with E-state index in [1.54, 1.807) is 0 Å². The summed E-state index contributed by atoms with van der Waals surface area (Å²) in [5, 5.41) is 0. The van der Waals surface area contributed by atoms with Crippen LogP contribution in [0.25, 0.3) is 0 Å². The van der Waals surface area contributed by atoms with Crippen molar-refractivity contribution in [3.63, 3.8) is 0 Å². The summed E-state index contributed by atoms with van der Waals surface area (Å²) < 4.78 is 23.1. The second kappa shape index (κ2) is 9.85. The highest BCUT2D eigenvalue weighted by molar-refractivity contribution is 6.60. The molecule has 0 atom stereocenters. The molecule has 0 unspecified atom stereocenters. The van der Waals surface area contributed by atoms with Crippen molar-refractivity contribution in [1.29, 1.82) is 0 Å². The van der Waals surface area contributed by atoms with Crippen molar-refractivity contribution in [3.8, 4) is 0 Å². The molecule has 0 aromatic carbocycles. The molecule has 1 saturated heterocycles. The van der Waals surface area contributed by atoms with Gasteiger partial charge in [0.25, 0.3) is 0 Å². The van der Waals surface area contributed by atoms with E-state index < -0.39 is 8.80 Å². The van der Waals surface area contributed by atoms with E-state index in [2.05, 4.69) is 11.8 Å². The minimum Gasteiger partial charge on any atom is -0.379 e. The van der Waals surface area contributed by atoms with Crippen molar-refractivity contribution >= 4 is 8.80 Å². The van der Waals surface area contributed by atoms with Gasteiger partial charge >= 0.3 is 8.80 Å². The van der Waals surface area contributed by atoms with Crippen molar-refractivity contribution in [2.24, 2.45) is 0 Å². The van der Waals surface area contributed by atoms with E-state index >= 15 is 0 Å². The van der Waals surface area contributed by atoms with Crippen molar-refractivity contribution in [2.45, 2.75) is 33.2 Å². The first kappa shape index (κ1) is 17.1. The molecule has 5 nitrogen and oxygen atoms in total. The third kappa shape index (κ3) is 6.33. The van der Waals surface area contributed by atoms with Crippen molar-refractivity contribution in [3.05, 3.63) is 0 Å². The summed E-state index contributed by atoms with van der Waals surface area (Å²) in [6, 6.07) is 0.901. The van der Waals surface area contributed by atoms with E-state index in [0.717, 1.165) is 45.3 Å². The van der Waals surface area contributed by atoms with Crippen molar-refractivity contribution in [1.82, 2.24) is 4.90 Å². The summed E-state index contributed by atoms with van der Waals surface area (Å²) in [5.74, 6) is 0. The lowest BCUT2D eigenvalue weighted by atomic mass is 10.4. The Morgan fingerprint density at radius 2 is 1.63 bits per heavy atom. The first-order valence-corrected chi connectivity index (χ1v) is 9.41. The zero-order valence-corrected chi connectivity index (χ0v) is 13.7. The van der Waals surface area contributed by atoms with Crippen LogP contribution in [0.3, 0.4) is 0 Å². The van der Waals surface area contributed by atoms with Crippen LogP contribution in [0.1, 0.15) is 27.2 Å². The maximum atomic E-state index is 6.07. The van der Waals surface area contributed by atoms with Gasteiger partial charge in [-0.1, -0.05) is 13.3 Å². The lowest BCUT2D eigenvalue weighted by Gasteiger charge is -2.31. The molecule has 6 heteroatoms. The molecule has 114 valence electrons. The van der Waals surface area contributed by atoms with E-state index in [9.17, 15) is 0 Å². The summed E-state index contributed by atoms with van der Waals surface area (Å²) in [5.41, 5.74) is 0. The molecule has 0 aliphatic carbocycles. The van der Waals surface area contributed by atoms with Crippen LogP contribution in [0.15, 0.2) is 0 Å². The van der Waals surface area contributed by atoms with E-state index in [4.69, 9.17) is 18.0 Å². The highest BCUT2D eigenvalue weighted by atomic mass is 28.4. The van der Waals surface area contributed by atoms with Gasteiger partial charge in [-0.2, -0.15) is 0 Å². The minimum atomic E-state index is -2.44. The van der Waals surface area contributed by atoms with Crippen LogP contribution in [-0.2, 0) is 18.0 Å². The fraction of sp³-hybridized carbons (Fsp3) is 1.00. The summed E-state index contributed by atoms with van der Waals surface area (Å²) in [4.78, 5) is 2.37. The predicted octanol–water partition coefficient (Wildman–Crippen LogP) is 1.76. The van der Waals surface area contributed by atoms with Gasteiger partial charge in [-0.3, -0.25) is 4.90 Å². The molecule has 0 radical (unpaired) electrons. The quantitative estimate of drug-likeness (QED) is 0.574. The van der Waals surface area contributed by atoms with E-state index in [-0.39, 0.29) is 0 Å². The Kier molecular flexibility index (Phi) is 8.85. The van der Waals surface area contributed by atoms with E-state index in [0.29, 0.717) is 19.8 Å². The van der Waals surface area contributed by atoms with Gasteiger partial charge in [-0.15, -0.1) is 0 Å². The molecule has 1 aliphatic heterocycles. The van der Waals surface area contributed by atoms with Gasteiger partial charge in [0.15, 0.2) is 0 Å². The van der Waals surface area contributed by atoms with Crippen LogP contribution in [-0.4, -0.2) is 66.4 Å². The molecule has 0 bridgehead atoms.